The first-order chi connectivity index (χ1) is 13.1. The van der Waals surface area contributed by atoms with Gasteiger partial charge in [-0.2, -0.15) is 39.2 Å². The fraction of sp³-hybridized carbons (Fsp3) is 0.562. The number of ether oxygens (including phenoxy) is 1. The van der Waals surface area contributed by atoms with Crippen molar-refractivity contribution >= 4 is 16.1 Å². The van der Waals surface area contributed by atoms with Gasteiger partial charge >= 0.3 is 33.4 Å². The maximum Gasteiger partial charge on any atom is 0.461 e. The van der Waals surface area contributed by atoms with Gasteiger partial charge in [0.05, 0.1) is 7.11 Å². The second kappa shape index (κ2) is 8.86. The SMILES string of the molecule is COC(=O)C(CCCc1ccc(C)cc1)OS(=O)(=O)C(F)(F)C(F)(F)C(F)(F)F. The van der Waals surface area contributed by atoms with E-state index in [1.54, 1.807) is 24.3 Å². The van der Waals surface area contributed by atoms with Gasteiger partial charge < -0.3 is 4.74 Å². The van der Waals surface area contributed by atoms with E-state index in [4.69, 9.17) is 0 Å². The summed E-state index contributed by atoms with van der Waals surface area (Å²) in [4.78, 5) is 11.6. The minimum absolute atomic E-state index is 0.0421. The molecular weight excluding hydrogens is 437 g/mol. The van der Waals surface area contributed by atoms with E-state index < -0.39 is 46.0 Å². The van der Waals surface area contributed by atoms with Crippen molar-refractivity contribution in [1.82, 2.24) is 0 Å². The third-order valence-electron chi connectivity index (χ3n) is 3.79. The molecule has 0 aliphatic rings. The van der Waals surface area contributed by atoms with Crippen LogP contribution in [0.4, 0.5) is 30.7 Å². The van der Waals surface area contributed by atoms with Crippen molar-refractivity contribution in [1.29, 1.82) is 0 Å². The van der Waals surface area contributed by atoms with Crippen LogP contribution in [0, 0.1) is 6.92 Å². The number of hydrogen-bond donors (Lipinski definition) is 0. The summed E-state index contributed by atoms with van der Waals surface area (Å²) in [5.74, 6) is -8.47. The summed E-state index contributed by atoms with van der Waals surface area (Å²) >= 11 is 0. The molecule has 1 rings (SSSR count). The van der Waals surface area contributed by atoms with Crippen LogP contribution >= 0.6 is 0 Å². The molecular formula is C16H17F7O5S. The topological polar surface area (TPSA) is 69.7 Å². The number of hydrogen-bond acceptors (Lipinski definition) is 5. The molecule has 0 fully saturated rings. The first-order valence-electron chi connectivity index (χ1n) is 7.95. The Hall–Kier alpha value is -1.89. The number of methoxy groups -OCH3 is 1. The molecule has 0 aromatic heterocycles. The lowest BCUT2D eigenvalue weighted by atomic mass is 10.0. The van der Waals surface area contributed by atoms with Gasteiger partial charge in [0, 0.05) is 0 Å². The molecule has 5 nitrogen and oxygen atoms in total. The zero-order valence-electron chi connectivity index (χ0n) is 15.1. The average molecular weight is 454 g/mol. The van der Waals surface area contributed by atoms with Crippen LogP contribution in [0.5, 0.6) is 0 Å². The monoisotopic (exact) mass is 454 g/mol. The number of carbonyl (C=O) groups excluding carboxylic acids is 1. The number of rotatable bonds is 9. The third-order valence-corrected chi connectivity index (χ3v) is 5.16. The Labute approximate surface area is 161 Å². The van der Waals surface area contributed by atoms with Crippen LogP contribution in [0.1, 0.15) is 24.0 Å². The van der Waals surface area contributed by atoms with Crippen molar-refractivity contribution in [2.75, 3.05) is 7.11 Å². The zero-order valence-corrected chi connectivity index (χ0v) is 15.9. The maximum absolute atomic E-state index is 13.5. The Bertz CT molecular complexity index is 804. The number of benzene rings is 1. The molecule has 1 aromatic carbocycles. The number of alkyl halides is 7. The molecule has 1 aromatic rings. The Balaban J connectivity index is 2.98. The Kier molecular flexibility index (Phi) is 7.68. The number of halogens is 7. The molecule has 166 valence electrons. The Morgan fingerprint density at radius 2 is 1.55 bits per heavy atom. The fourth-order valence-corrected chi connectivity index (χ4v) is 3.15. The molecule has 1 atom stereocenters. The summed E-state index contributed by atoms with van der Waals surface area (Å²) in [6.45, 7) is 1.81. The summed E-state index contributed by atoms with van der Waals surface area (Å²) in [6, 6.07) is 6.87. The van der Waals surface area contributed by atoms with Gasteiger partial charge in [-0.05, 0) is 31.7 Å². The number of carbonyl (C=O) groups is 1. The molecule has 13 heteroatoms. The van der Waals surface area contributed by atoms with Crippen LogP contribution in [-0.4, -0.2) is 45.0 Å². The van der Waals surface area contributed by atoms with Crippen molar-refractivity contribution in [3.05, 3.63) is 35.4 Å². The first-order valence-corrected chi connectivity index (χ1v) is 9.36. The summed E-state index contributed by atoms with van der Waals surface area (Å²) < 4.78 is 120. The second-order valence-corrected chi connectivity index (χ2v) is 7.64. The first kappa shape index (κ1) is 25.1. The van der Waals surface area contributed by atoms with E-state index in [9.17, 15) is 43.9 Å². The predicted molar refractivity (Wildman–Crippen MR) is 85.9 cm³/mol. The van der Waals surface area contributed by atoms with Crippen LogP contribution in [0.2, 0.25) is 0 Å². The van der Waals surface area contributed by atoms with E-state index in [0.29, 0.717) is 0 Å². The van der Waals surface area contributed by atoms with Gasteiger partial charge in [-0.1, -0.05) is 29.8 Å². The normalized spacial score (nSPS) is 14.5. The van der Waals surface area contributed by atoms with Crippen LogP contribution in [-0.2, 0) is 30.3 Å². The molecule has 29 heavy (non-hydrogen) atoms. The highest BCUT2D eigenvalue weighted by atomic mass is 32.2. The Morgan fingerprint density at radius 3 is 2.00 bits per heavy atom. The Morgan fingerprint density at radius 1 is 1.03 bits per heavy atom. The molecule has 0 saturated carbocycles. The lowest BCUT2D eigenvalue weighted by Crippen LogP contribution is -2.57. The van der Waals surface area contributed by atoms with Crippen molar-refractivity contribution in [3.8, 4) is 0 Å². The van der Waals surface area contributed by atoms with E-state index in [1.807, 2.05) is 6.92 Å². The van der Waals surface area contributed by atoms with E-state index in [2.05, 4.69) is 8.92 Å². The molecule has 0 radical (unpaired) electrons. The molecule has 0 N–H and O–H groups in total. The van der Waals surface area contributed by atoms with Crippen molar-refractivity contribution < 1.29 is 52.9 Å². The smallest absolute Gasteiger partial charge is 0.461 e. The van der Waals surface area contributed by atoms with E-state index in [0.717, 1.165) is 18.2 Å². The number of esters is 1. The van der Waals surface area contributed by atoms with Gasteiger partial charge in [0.1, 0.15) is 0 Å². The summed E-state index contributed by atoms with van der Waals surface area (Å²) in [5, 5.41) is -6.67. The fourth-order valence-electron chi connectivity index (χ4n) is 2.12. The van der Waals surface area contributed by atoms with Crippen molar-refractivity contribution in [3.63, 3.8) is 0 Å². The lowest BCUT2D eigenvalue weighted by molar-refractivity contribution is -0.333. The second-order valence-electron chi connectivity index (χ2n) is 6.03. The van der Waals surface area contributed by atoms with Crippen LogP contribution in [0.15, 0.2) is 24.3 Å². The molecule has 0 saturated heterocycles. The standard InChI is InChI=1S/C16H17F7O5S/c1-10-6-8-11(9-7-10)4-3-5-12(13(24)27-2)28-29(25,26)16(22,23)14(17,18)15(19,20)21/h6-9,12H,3-5H2,1-2H3. The van der Waals surface area contributed by atoms with Crippen molar-refractivity contribution in [2.45, 2.75) is 49.6 Å². The maximum atomic E-state index is 13.5. The van der Waals surface area contributed by atoms with Crippen LogP contribution in [0.3, 0.4) is 0 Å². The van der Waals surface area contributed by atoms with Crippen molar-refractivity contribution in [2.24, 2.45) is 0 Å². The minimum atomic E-state index is -6.94. The third kappa shape index (κ3) is 5.59. The van der Waals surface area contributed by atoms with Crippen LogP contribution in [0.25, 0.3) is 0 Å². The van der Waals surface area contributed by atoms with Gasteiger partial charge in [-0.15, -0.1) is 0 Å². The average Bonchev–Trinajstić information content (AvgIpc) is 2.60. The molecule has 0 aliphatic heterocycles. The minimum Gasteiger partial charge on any atom is -0.467 e. The summed E-state index contributed by atoms with van der Waals surface area (Å²) in [6.07, 6.45) is -9.62. The summed E-state index contributed by atoms with van der Waals surface area (Å²) in [5.41, 5.74) is 1.65. The van der Waals surface area contributed by atoms with Gasteiger partial charge in [0.25, 0.3) is 0 Å². The molecule has 0 amide bonds. The molecule has 0 bridgehead atoms. The summed E-state index contributed by atoms with van der Waals surface area (Å²) in [7, 11) is -6.13. The molecule has 0 aliphatic carbocycles. The van der Waals surface area contributed by atoms with E-state index in [1.165, 1.54) is 0 Å². The highest BCUT2D eigenvalue weighted by Gasteiger charge is 2.79. The largest absolute Gasteiger partial charge is 0.467 e. The lowest BCUT2D eigenvalue weighted by Gasteiger charge is -2.28. The van der Waals surface area contributed by atoms with Gasteiger partial charge in [-0.25, -0.2) is 4.79 Å². The quantitative estimate of drug-likeness (QED) is 0.321. The number of aryl methyl sites for hydroxylation is 2. The molecule has 0 heterocycles. The highest BCUT2D eigenvalue weighted by molar-refractivity contribution is 7.87. The van der Waals surface area contributed by atoms with Crippen LogP contribution < -0.4 is 0 Å². The highest BCUT2D eigenvalue weighted by Crippen LogP contribution is 2.49. The molecule has 0 spiro atoms. The van der Waals surface area contributed by atoms with Gasteiger partial charge in [-0.3, -0.25) is 4.18 Å². The predicted octanol–water partition coefficient (Wildman–Crippen LogP) is 4.00. The van der Waals surface area contributed by atoms with Gasteiger partial charge in [0.15, 0.2) is 6.10 Å². The van der Waals surface area contributed by atoms with E-state index >= 15 is 0 Å². The zero-order chi connectivity index (χ0) is 22.7. The molecule has 1 unspecified atom stereocenters. The van der Waals surface area contributed by atoms with E-state index in [-0.39, 0.29) is 12.8 Å². The van der Waals surface area contributed by atoms with Gasteiger partial charge in [0.2, 0.25) is 0 Å².